The maximum absolute atomic E-state index is 12.1. The highest BCUT2D eigenvalue weighted by Gasteiger charge is 2.15. The standard InChI is InChI=1S/C12H13Cl2NO2/c1-2-3-15(4-5-16)12(17)9-6-10(13)8-11(14)7-9/h2,6-8,16H,1,3-5H2. The van der Waals surface area contributed by atoms with E-state index in [0.717, 1.165) is 0 Å². The van der Waals surface area contributed by atoms with E-state index in [1.807, 2.05) is 0 Å². The van der Waals surface area contributed by atoms with E-state index < -0.39 is 0 Å². The highest BCUT2D eigenvalue weighted by atomic mass is 35.5. The minimum Gasteiger partial charge on any atom is -0.395 e. The van der Waals surface area contributed by atoms with Crippen LogP contribution in [0.3, 0.4) is 0 Å². The second kappa shape index (κ2) is 6.64. The van der Waals surface area contributed by atoms with Gasteiger partial charge in [-0.2, -0.15) is 0 Å². The van der Waals surface area contributed by atoms with Gasteiger partial charge in [0.15, 0.2) is 0 Å². The number of hydrogen-bond donors (Lipinski definition) is 1. The average molecular weight is 274 g/mol. The lowest BCUT2D eigenvalue weighted by Gasteiger charge is -2.20. The van der Waals surface area contributed by atoms with Crippen molar-refractivity contribution in [3.05, 3.63) is 46.5 Å². The van der Waals surface area contributed by atoms with E-state index in [2.05, 4.69) is 6.58 Å². The molecule has 0 atom stereocenters. The molecule has 0 radical (unpaired) electrons. The smallest absolute Gasteiger partial charge is 0.254 e. The van der Waals surface area contributed by atoms with Gasteiger partial charge in [-0.15, -0.1) is 6.58 Å². The predicted octanol–water partition coefficient (Wildman–Crippen LogP) is 2.61. The van der Waals surface area contributed by atoms with Crippen molar-refractivity contribution in [2.45, 2.75) is 0 Å². The van der Waals surface area contributed by atoms with Crippen LogP contribution in [0.4, 0.5) is 0 Å². The van der Waals surface area contributed by atoms with Crippen LogP contribution < -0.4 is 0 Å². The van der Waals surface area contributed by atoms with Crippen LogP contribution >= 0.6 is 23.2 Å². The molecule has 0 aliphatic heterocycles. The number of hydrogen-bond acceptors (Lipinski definition) is 2. The molecule has 1 aromatic carbocycles. The lowest BCUT2D eigenvalue weighted by molar-refractivity contribution is 0.0743. The molecule has 1 amide bonds. The van der Waals surface area contributed by atoms with Gasteiger partial charge in [0.05, 0.1) is 6.61 Å². The third kappa shape index (κ3) is 4.04. The summed E-state index contributed by atoms with van der Waals surface area (Å²) >= 11 is 11.7. The molecule has 17 heavy (non-hydrogen) atoms. The Hall–Kier alpha value is -1.03. The van der Waals surface area contributed by atoms with Gasteiger partial charge in [-0.3, -0.25) is 4.79 Å². The maximum Gasteiger partial charge on any atom is 0.254 e. The average Bonchev–Trinajstić information content (AvgIpc) is 2.26. The summed E-state index contributed by atoms with van der Waals surface area (Å²) in [4.78, 5) is 13.5. The van der Waals surface area contributed by atoms with Crippen LogP contribution in [0.25, 0.3) is 0 Å². The molecule has 0 aliphatic carbocycles. The summed E-state index contributed by atoms with van der Waals surface area (Å²) in [5.41, 5.74) is 0.401. The van der Waals surface area contributed by atoms with Crippen molar-refractivity contribution >= 4 is 29.1 Å². The first-order chi connectivity index (χ1) is 8.08. The Morgan fingerprint density at radius 1 is 1.35 bits per heavy atom. The molecule has 0 spiro atoms. The van der Waals surface area contributed by atoms with Gasteiger partial charge < -0.3 is 10.0 Å². The quantitative estimate of drug-likeness (QED) is 0.838. The first-order valence-electron chi connectivity index (χ1n) is 5.05. The topological polar surface area (TPSA) is 40.5 Å². The fourth-order valence-corrected chi connectivity index (χ4v) is 1.94. The Labute approximate surface area is 110 Å². The van der Waals surface area contributed by atoms with Crippen LogP contribution in [0.5, 0.6) is 0 Å². The molecule has 0 unspecified atom stereocenters. The highest BCUT2D eigenvalue weighted by molar-refractivity contribution is 6.35. The molecule has 0 saturated heterocycles. The van der Waals surface area contributed by atoms with Gasteiger partial charge in [0.1, 0.15) is 0 Å². The van der Waals surface area contributed by atoms with Crippen molar-refractivity contribution in [2.24, 2.45) is 0 Å². The van der Waals surface area contributed by atoms with E-state index >= 15 is 0 Å². The summed E-state index contributed by atoms with van der Waals surface area (Å²) in [5.74, 6) is -0.233. The van der Waals surface area contributed by atoms with Crippen molar-refractivity contribution in [3.63, 3.8) is 0 Å². The van der Waals surface area contributed by atoms with Crippen molar-refractivity contribution in [1.82, 2.24) is 4.90 Å². The number of halogens is 2. The number of aliphatic hydroxyl groups excluding tert-OH is 1. The summed E-state index contributed by atoms with van der Waals surface area (Å²) in [7, 11) is 0. The van der Waals surface area contributed by atoms with Gasteiger partial charge in [-0.1, -0.05) is 29.3 Å². The molecular weight excluding hydrogens is 261 g/mol. The van der Waals surface area contributed by atoms with Crippen molar-refractivity contribution in [3.8, 4) is 0 Å². The van der Waals surface area contributed by atoms with Crippen molar-refractivity contribution in [1.29, 1.82) is 0 Å². The summed E-state index contributed by atoms with van der Waals surface area (Å²) in [5, 5.41) is 9.70. The Balaban J connectivity index is 2.95. The largest absolute Gasteiger partial charge is 0.395 e. The minimum atomic E-state index is -0.233. The molecular formula is C12H13Cl2NO2. The molecule has 0 bridgehead atoms. The van der Waals surface area contributed by atoms with Gasteiger partial charge in [0.25, 0.3) is 5.91 Å². The molecule has 92 valence electrons. The van der Waals surface area contributed by atoms with E-state index in [-0.39, 0.29) is 19.1 Å². The number of amides is 1. The van der Waals surface area contributed by atoms with E-state index in [1.54, 1.807) is 24.3 Å². The monoisotopic (exact) mass is 273 g/mol. The lowest BCUT2D eigenvalue weighted by atomic mass is 10.2. The molecule has 3 nitrogen and oxygen atoms in total. The Morgan fingerprint density at radius 3 is 2.41 bits per heavy atom. The molecule has 1 N–H and O–H groups in total. The number of nitrogens with zero attached hydrogens (tertiary/aromatic N) is 1. The summed E-state index contributed by atoms with van der Waals surface area (Å²) in [6, 6.07) is 4.65. The zero-order valence-electron chi connectivity index (χ0n) is 9.20. The highest BCUT2D eigenvalue weighted by Crippen LogP contribution is 2.20. The first kappa shape index (κ1) is 14.0. The SMILES string of the molecule is C=CCN(CCO)C(=O)c1cc(Cl)cc(Cl)c1. The predicted molar refractivity (Wildman–Crippen MR) is 69.6 cm³/mol. The molecule has 0 aromatic heterocycles. The third-order valence-electron chi connectivity index (χ3n) is 2.12. The molecule has 1 rings (SSSR count). The summed E-state index contributed by atoms with van der Waals surface area (Å²) in [6.07, 6.45) is 1.60. The minimum absolute atomic E-state index is 0.103. The molecule has 0 fully saturated rings. The van der Waals surface area contributed by atoms with Crippen molar-refractivity contribution in [2.75, 3.05) is 19.7 Å². The second-order valence-electron chi connectivity index (χ2n) is 3.42. The van der Waals surface area contributed by atoms with Crippen LogP contribution in [0, 0.1) is 0 Å². The van der Waals surface area contributed by atoms with Crippen LogP contribution in [0.1, 0.15) is 10.4 Å². The number of carbonyl (C=O) groups is 1. The normalized spacial score (nSPS) is 10.1. The van der Waals surface area contributed by atoms with Crippen LogP contribution in [-0.2, 0) is 0 Å². The molecule has 0 heterocycles. The fraction of sp³-hybridized carbons (Fsp3) is 0.250. The van der Waals surface area contributed by atoms with Crippen LogP contribution in [0.15, 0.2) is 30.9 Å². The van der Waals surface area contributed by atoms with Gasteiger partial charge in [-0.05, 0) is 18.2 Å². The second-order valence-corrected chi connectivity index (χ2v) is 4.29. The van der Waals surface area contributed by atoms with E-state index in [4.69, 9.17) is 28.3 Å². The third-order valence-corrected chi connectivity index (χ3v) is 2.55. The van der Waals surface area contributed by atoms with E-state index in [9.17, 15) is 4.79 Å². The van der Waals surface area contributed by atoms with Crippen molar-refractivity contribution < 1.29 is 9.90 Å². The number of rotatable bonds is 5. The Morgan fingerprint density at radius 2 is 1.94 bits per heavy atom. The van der Waals surface area contributed by atoms with Gasteiger partial charge in [0, 0.05) is 28.7 Å². The van der Waals surface area contributed by atoms with Gasteiger partial charge in [0.2, 0.25) is 0 Å². The lowest BCUT2D eigenvalue weighted by Crippen LogP contribution is -2.33. The Bertz CT molecular complexity index is 401. The van der Waals surface area contributed by atoms with E-state index in [0.29, 0.717) is 22.2 Å². The van der Waals surface area contributed by atoms with Gasteiger partial charge >= 0.3 is 0 Å². The van der Waals surface area contributed by atoms with Gasteiger partial charge in [-0.25, -0.2) is 0 Å². The first-order valence-corrected chi connectivity index (χ1v) is 5.81. The molecule has 0 saturated carbocycles. The number of benzene rings is 1. The zero-order valence-corrected chi connectivity index (χ0v) is 10.7. The van der Waals surface area contributed by atoms with Crippen LogP contribution in [0.2, 0.25) is 10.0 Å². The molecule has 0 aliphatic rings. The molecule has 5 heteroatoms. The fourth-order valence-electron chi connectivity index (χ4n) is 1.41. The molecule has 1 aromatic rings. The Kier molecular flexibility index (Phi) is 5.48. The van der Waals surface area contributed by atoms with Crippen LogP contribution in [-0.4, -0.2) is 35.6 Å². The number of carbonyl (C=O) groups excluding carboxylic acids is 1. The summed E-state index contributed by atoms with van der Waals surface area (Å²) in [6.45, 7) is 4.07. The maximum atomic E-state index is 12.1. The summed E-state index contributed by atoms with van der Waals surface area (Å²) < 4.78 is 0. The number of aliphatic hydroxyl groups is 1. The van der Waals surface area contributed by atoms with E-state index in [1.165, 1.54) is 4.90 Å². The zero-order chi connectivity index (χ0) is 12.8.